The van der Waals surface area contributed by atoms with Gasteiger partial charge in [-0.25, -0.2) is 4.98 Å². The second kappa shape index (κ2) is 6.27. The summed E-state index contributed by atoms with van der Waals surface area (Å²) in [7, 11) is 0. The van der Waals surface area contributed by atoms with Gasteiger partial charge in [0.05, 0.1) is 0 Å². The summed E-state index contributed by atoms with van der Waals surface area (Å²) in [4.78, 5) is 18.7. The highest BCUT2D eigenvalue weighted by Gasteiger charge is 2.14. The number of hydrogen-bond acceptors (Lipinski definition) is 7. The Morgan fingerprint density at radius 3 is 2.70 bits per heavy atom. The maximum Gasteiger partial charge on any atom is 0.258 e. The molecule has 0 saturated carbocycles. The molecule has 0 spiro atoms. The summed E-state index contributed by atoms with van der Waals surface area (Å²) in [6.07, 6.45) is 4.06. The third-order valence-electron chi connectivity index (χ3n) is 3.15. The van der Waals surface area contributed by atoms with Crippen molar-refractivity contribution in [1.82, 2.24) is 29.7 Å². The molecule has 2 rings (SSSR count). The van der Waals surface area contributed by atoms with Crippen molar-refractivity contribution in [2.75, 3.05) is 23.7 Å². The molecule has 2 heterocycles. The van der Waals surface area contributed by atoms with Gasteiger partial charge in [0.1, 0.15) is 12.7 Å². The highest BCUT2D eigenvalue weighted by molar-refractivity contribution is 5.37. The molecule has 0 amide bonds. The number of anilines is 2. The Hall–Kier alpha value is -2.25. The maximum atomic E-state index is 5.77. The average Bonchev–Trinajstić information content (AvgIpc) is 2.97. The fourth-order valence-electron chi connectivity index (χ4n) is 1.78. The molecule has 1 atom stereocenters. The Morgan fingerprint density at radius 2 is 2.10 bits per heavy atom. The fraction of sp³-hybridized carbons (Fsp3) is 0.583. The summed E-state index contributed by atoms with van der Waals surface area (Å²) >= 11 is 0. The first kappa shape index (κ1) is 14.2. The Morgan fingerprint density at radius 1 is 1.30 bits per heavy atom. The molecule has 0 aromatic carbocycles. The summed E-state index contributed by atoms with van der Waals surface area (Å²) in [6, 6.07) is 0. The van der Waals surface area contributed by atoms with Gasteiger partial charge in [-0.15, -0.1) is 0 Å². The second-order valence-corrected chi connectivity index (χ2v) is 4.69. The summed E-state index contributed by atoms with van der Waals surface area (Å²) in [5, 5.41) is 4.01. The first-order valence-electron chi connectivity index (χ1n) is 6.75. The van der Waals surface area contributed by atoms with E-state index in [2.05, 4.69) is 50.7 Å². The molecule has 0 aliphatic carbocycles. The number of nitrogens with zero attached hydrogens (tertiary/aromatic N) is 7. The zero-order chi connectivity index (χ0) is 14.5. The quantitative estimate of drug-likeness (QED) is 0.837. The Kier molecular flexibility index (Phi) is 4.44. The summed E-state index contributed by atoms with van der Waals surface area (Å²) in [5.74, 6) is 1.70. The van der Waals surface area contributed by atoms with E-state index in [1.54, 1.807) is 0 Å². The highest BCUT2D eigenvalue weighted by atomic mass is 15.4. The van der Waals surface area contributed by atoms with Crippen LogP contribution in [0.5, 0.6) is 0 Å². The van der Waals surface area contributed by atoms with Gasteiger partial charge in [-0.3, -0.25) is 0 Å². The Labute approximate surface area is 118 Å². The van der Waals surface area contributed by atoms with E-state index in [9.17, 15) is 0 Å². The van der Waals surface area contributed by atoms with Crippen molar-refractivity contribution in [2.45, 2.75) is 27.2 Å². The van der Waals surface area contributed by atoms with E-state index in [0.717, 1.165) is 19.5 Å². The van der Waals surface area contributed by atoms with Crippen LogP contribution in [0.3, 0.4) is 0 Å². The second-order valence-electron chi connectivity index (χ2n) is 4.69. The molecule has 20 heavy (non-hydrogen) atoms. The topological polar surface area (TPSA) is 98.6 Å². The molecule has 0 aliphatic rings. The van der Waals surface area contributed by atoms with Gasteiger partial charge in [-0.05, 0) is 12.8 Å². The minimum atomic E-state index is 0.183. The fourth-order valence-corrected chi connectivity index (χ4v) is 1.78. The van der Waals surface area contributed by atoms with Gasteiger partial charge < -0.3 is 10.6 Å². The van der Waals surface area contributed by atoms with Gasteiger partial charge >= 0.3 is 0 Å². The van der Waals surface area contributed by atoms with E-state index in [-0.39, 0.29) is 5.95 Å². The third-order valence-corrected chi connectivity index (χ3v) is 3.15. The molecule has 2 N–H and O–H groups in total. The monoisotopic (exact) mass is 276 g/mol. The predicted octanol–water partition coefficient (Wildman–Crippen LogP) is 0.907. The minimum Gasteiger partial charge on any atom is -0.368 e. The van der Waals surface area contributed by atoms with Crippen molar-refractivity contribution in [1.29, 1.82) is 0 Å². The van der Waals surface area contributed by atoms with Crippen molar-refractivity contribution in [3.8, 4) is 5.95 Å². The van der Waals surface area contributed by atoms with Crippen molar-refractivity contribution >= 4 is 11.9 Å². The van der Waals surface area contributed by atoms with Gasteiger partial charge in [-0.1, -0.05) is 20.3 Å². The van der Waals surface area contributed by atoms with E-state index in [1.807, 2.05) is 0 Å². The molecular formula is C12H20N8. The van der Waals surface area contributed by atoms with Crippen molar-refractivity contribution in [2.24, 2.45) is 5.92 Å². The standard InChI is InChI=1S/C12H20N8/c1-4-9(3)6-19(5-2)11-16-10(13)17-12(18-11)20-8-14-7-15-20/h7-9H,4-6H2,1-3H3,(H2,13,16,17,18). The average molecular weight is 276 g/mol. The van der Waals surface area contributed by atoms with Crippen LogP contribution in [-0.4, -0.2) is 42.8 Å². The van der Waals surface area contributed by atoms with E-state index in [1.165, 1.54) is 17.3 Å². The molecule has 0 fully saturated rings. The third kappa shape index (κ3) is 3.19. The van der Waals surface area contributed by atoms with Crippen molar-refractivity contribution in [3.05, 3.63) is 12.7 Å². The number of nitrogens with two attached hydrogens (primary N) is 1. The lowest BCUT2D eigenvalue weighted by atomic mass is 10.1. The number of rotatable bonds is 6. The van der Waals surface area contributed by atoms with Gasteiger partial charge in [0.2, 0.25) is 11.9 Å². The summed E-state index contributed by atoms with van der Waals surface area (Å²) < 4.78 is 1.47. The highest BCUT2D eigenvalue weighted by Crippen LogP contribution is 2.14. The first-order chi connectivity index (χ1) is 9.63. The van der Waals surface area contributed by atoms with E-state index < -0.39 is 0 Å². The molecule has 0 aliphatic heterocycles. The molecule has 108 valence electrons. The molecule has 2 aromatic rings. The molecule has 0 bridgehead atoms. The van der Waals surface area contributed by atoms with Gasteiger partial charge in [0.25, 0.3) is 5.95 Å². The number of nitrogen functional groups attached to an aromatic ring is 1. The van der Waals surface area contributed by atoms with Gasteiger partial charge in [0.15, 0.2) is 0 Å². The van der Waals surface area contributed by atoms with Crippen molar-refractivity contribution < 1.29 is 0 Å². The van der Waals surface area contributed by atoms with Crippen LogP contribution in [0, 0.1) is 5.92 Å². The SMILES string of the molecule is CCC(C)CN(CC)c1nc(N)nc(-n2cncn2)n1. The molecule has 0 radical (unpaired) electrons. The summed E-state index contributed by atoms with van der Waals surface area (Å²) in [6.45, 7) is 8.13. The zero-order valence-corrected chi connectivity index (χ0v) is 12.1. The first-order valence-corrected chi connectivity index (χ1v) is 6.75. The lowest BCUT2D eigenvalue weighted by Gasteiger charge is -2.24. The molecule has 2 aromatic heterocycles. The lowest BCUT2D eigenvalue weighted by molar-refractivity contribution is 0.541. The van der Waals surface area contributed by atoms with Crippen LogP contribution < -0.4 is 10.6 Å². The van der Waals surface area contributed by atoms with Crippen molar-refractivity contribution in [3.63, 3.8) is 0 Å². The molecule has 1 unspecified atom stereocenters. The predicted molar refractivity (Wildman–Crippen MR) is 76.5 cm³/mol. The largest absolute Gasteiger partial charge is 0.368 e. The minimum absolute atomic E-state index is 0.183. The van der Waals surface area contributed by atoms with Crippen LogP contribution in [0.15, 0.2) is 12.7 Å². The Bertz CT molecular complexity index is 538. The molecule has 8 nitrogen and oxygen atoms in total. The van der Waals surface area contributed by atoms with Crippen LogP contribution in [0.2, 0.25) is 0 Å². The van der Waals surface area contributed by atoms with Crippen LogP contribution in [-0.2, 0) is 0 Å². The smallest absolute Gasteiger partial charge is 0.258 e. The number of hydrogen-bond donors (Lipinski definition) is 1. The molecule has 8 heteroatoms. The van der Waals surface area contributed by atoms with Gasteiger partial charge in [0, 0.05) is 13.1 Å². The van der Waals surface area contributed by atoms with Gasteiger partial charge in [-0.2, -0.15) is 24.7 Å². The van der Waals surface area contributed by atoms with E-state index in [0.29, 0.717) is 17.8 Å². The van der Waals surface area contributed by atoms with Crippen LogP contribution in [0.1, 0.15) is 27.2 Å². The van der Waals surface area contributed by atoms with Crippen LogP contribution >= 0.6 is 0 Å². The van der Waals surface area contributed by atoms with Crippen LogP contribution in [0.4, 0.5) is 11.9 Å². The summed E-state index contributed by atoms with van der Waals surface area (Å²) in [5.41, 5.74) is 5.77. The lowest BCUT2D eigenvalue weighted by Crippen LogP contribution is -2.30. The van der Waals surface area contributed by atoms with E-state index in [4.69, 9.17) is 5.73 Å². The normalized spacial score (nSPS) is 12.3. The molecular weight excluding hydrogens is 256 g/mol. The Balaban J connectivity index is 2.31. The number of aromatic nitrogens is 6. The zero-order valence-electron chi connectivity index (χ0n) is 12.1. The molecule has 0 saturated heterocycles. The maximum absolute atomic E-state index is 5.77. The van der Waals surface area contributed by atoms with Crippen LogP contribution in [0.25, 0.3) is 5.95 Å². The van der Waals surface area contributed by atoms with E-state index >= 15 is 0 Å².